The Labute approximate surface area is 238 Å². The number of aromatic nitrogens is 3. The van der Waals surface area contributed by atoms with Crippen LogP contribution in [0, 0.1) is 5.92 Å². The predicted octanol–water partition coefficient (Wildman–Crippen LogP) is 1.58. The maximum Gasteiger partial charge on any atom is 0.250 e. The molecule has 5 rings (SSSR count). The number of hydrogen-bond donors (Lipinski definition) is 4. The molecule has 2 aliphatic heterocycles. The van der Waals surface area contributed by atoms with Gasteiger partial charge in [0.05, 0.1) is 18.7 Å². The topological polar surface area (TPSA) is 149 Å². The van der Waals surface area contributed by atoms with E-state index in [9.17, 15) is 19.2 Å². The van der Waals surface area contributed by atoms with E-state index in [1.807, 2.05) is 62.4 Å². The highest BCUT2D eigenvalue weighted by molar-refractivity contribution is 6.08. The Balaban J connectivity index is 1.32. The van der Waals surface area contributed by atoms with Crippen LogP contribution in [0.1, 0.15) is 49.1 Å². The zero-order valence-electron chi connectivity index (χ0n) is 23.2. The number of benzene rings is 2. The van der Waals surface area contributed by atoms with Crippen LogP contribution in [0.15, 0.2) is 54.7 Å². The van der Waals surface area contributed by atoms with Gasteiger partial charge in [0.25, 0.3) is 0 Å². The average Bonchev–Trinajstić information content (AvgIpc) is 3.62. The van der Waals surface area contributed by atoms with Crippen molar-refractivity contribution >= 4 is 29.3 Å². The molecule has 3 aromatic rings. The van der Waals surface area contributed by atoms with E-state index in [4.69, 9.17) is 0 Å². The zero-order chi connectivity index (χ0) is 28.9. The monoisotopic (exact) mass is 557 g/mol. The van der Waals surface area contributed by atoms with Crippen LogP contribution >= 0.6 is 0 Å². The van der Waals surface area contributed by atoms with Crippen LogP contribution in [-0.2, 0) is 45.0 Å². The second-order valence-electron chi connectivity index (χ2n) is 10.7. The van der Waals surface area contributed by atoms with Gasteiger partial charge in [0.15, 0.2) is 0 Å². The molecule has 4 N–H and O–H groups in total. The maximum atomic E-state index is 14.0. The first kappa shape index (κ1) is 28.0. The summed E-state index contributed by atoms with van der Waals surface area (Å²) in [6, 6.07) is 12.8. The lowest BCUT2D eigenvalue weighted by Gasteiger charge is -2.30. The number of aromatic amines is 1. The minimum atomic E-state index is -0.843. The lowest BCUT2D eigenvalue weighted by Crippen LogP contribution is -2.58. The summed E-state index contributed by atoms with van der Waals surface area (Å²) in [4.78, 5) is 55.3. The van der Waals surface area contributed by atoms with Gasteiger partial charge in [-0.3, -0.25) is 29.2 Å². The predicted molar refractivity (Wildman–Crippen MR) is 151 cm³/mol. The molecule has 0 unspecified atom stereocenters. The van der Waals surface area contributed by atoms with Crippen molar-refractivity contribution in [3.8, 4) is 0 Å². The molecule has 0 saturated carbocycles. The van der Waals surface area contributed by atoms with E-state index < -0.39 is 24.0 Å². The average molecular weight is 558 g/mol. The summed E-state index contributed by atoms with van der Waals surface area (Å²) in [5.74, 6) is -1.45. The van der Waals surface area contributed by atoms with Crippen LogP contribution in [0.5, 0.6) is 0 Å². The Morgan fingerprint density at radius 2 is 1.88 bits per heavy atom. The van der Waals surface area contributed by atoms with Crippen LogP contribution in [0.3, 0.4) is 0 Å². The van der Waals surface area contributed by atoms with Gasteiger partial charge >= 0.3 is 0 Å². The van der Waals surface area contributed by atoms with Gasteiger partial charge in [0, 0.05) is 12.6 Å². The van der Waals surface area contributed by atoms with Gasteiger partial charge in [0.1, 0.15) is 23.8 Å². The van der Waals surface area contributed by atoms with Crippen molar-refractivity contribution in [3.05, 3.63) is 77.1 Å². The SMILES string of the molecule is CC[C@H](C)[C@H](NC(=O)Cc1ccccc1)C(=O)N[C@H]1CCc2cccc3c2N(C1=O)[C@H](C(=O)NCc1c[nH]nn1)C3. The maximum absolute atomic E-state index is 14.0. The number of para-hydroxylation sites is 1. The smallest absolute Gasteiger partial charge is 0.250 e. The Hall–Kier alpha value is -4.54. The number of nitrogens with zero attached hydrogens (tertiary/aromatic N) is 3. The number of carbonyl (C=O) groups excluding carboxylic acids is 4. The van der Waals surface area contributed by atoms with Crippen molar-refractivity contribution in [2.75, 3.05) is 4.90 Å². The van der Waals surface area contributed by atoms with Crippen molar-refractivity contribution < 1.29 is 19.2 Å². The number of aryl methyl sites for hydroxylation is 1. The van der Waals surface area contributed by atoms with E-state index in [0.29, 0.717) is 31.4 Å². The molecule has 11 nitrogen and oxygen atoms in total. The first-order valence-electron chi connectivity index (χ1n) is 14.1. The van der Waals surface area contributed by atoms with E-state index in [1.165, 1.54) is 0 Å². The van der Waals surface area contributed by atoms with Gasteiger partial charge in [-0.2, -0.15) is 0 Å². The second kappa shape index (κ2) is 12.3. The standard InChI is InChI=1S/C30H35N7O4/c1-3-18(2)26(34-25(38)14-19-8-5-4-6-9-19)29(40)33-23-13-12-20-10-7-11-21-15-24(37(27(20)21)30(23)41)28(39)31-16-22-17-32-36-35-22/h4-11,17-18,23-24,26H,3,12-16H2,1-2H3,(H,31,39)(H,33,40)(H,34,38)(H,32,35,36)/t18-,23-,24-,26-/m0/s1. The number of rotatable bonds is 10. The quantitative estimate of drug-likeness (QED) is 0.297. The fraction of sp³-hybridized carbons (Fsp3) is 0.400. The summed E-state index contributed by atoms with van der Waals surface area (Å²) in [5, 5.41) is 18.8. The van der Waals surface area contributed by atoms with E-state index in [0.717, 1.165) is 22.4 Å². The molecule has 2 aliphatic rings. The normalized spacial score (nSPS) is 19.1. The van der Waals surface area contributed by atoms with Crippen LogP contribution in [0.25, 0.3) is 0 Å². The summed E-state index contributed by atoms with van der Waals surface area (Å²) in [5.41, 5.74) is 4.07. The Morgan fingerprint density at radius 1 is 1.10 bits per heavy atom. The number of H-pyrrole nitrogens is 1. The van der Waals surface area contributed by atoms with Crippen molar-refractivity contribution in [3.63, 3.8) is 0 Å². The van der Waals surface area contributed by atoms with E-state index in [2.05, 4.69) is 31.4 Å². The van der Waals surface area contributed by atoms with Crippen molar-refractivity contribution in [2.24, 2.45) is 5.92 Å². The summed E-state index contributed by atoms with van der Waals surface area (Å²) in [7, 11) is 0. The summed E-state index contributed by atoms with van der Waals surface area (Å²) in [6.07, 6.45) is 3.74. The minimum Gasteiger partial charge on any atom is -0.348 e. The molecule has 2 aromatic carbocycles. The highest BCUT2D eigenvalue weighted by atomic mass is 16.2. The molecule has 11 heteroatoms. The molecule has 0 radical (unpaired) electrons. The van der Waals surface area contributed by atoms with Crippen molar-refractivity contribution in [2.45, 2.75) is 70.6 Å². The Bertz CT molecular complexity index is 1410. The number of carbonyl (C=O) groups is 4. The van der Waals surface area contributed by atoms with Gasteiger partial charge in [0.2, 0.25) is 23.6 Å². The molecular formula is C30H35N7O4. The molecule has 0 fully saturated rings. The van der Waals surface area contributed by atoms with Crippen molar-refractivity contribution in [1.29, 1.82) is 0 Å². The molecule has 0 bridgehead atoms. The molecular weight excluding hydrogens is 522 g/mol. The summed E-state index contributed by atoms with van der Waals surface area (Å²) >= 11 is 0. The molecule has 1 aromatic heterocycles. The fourth-order valence-corrected chi connectivity index (χ4v) is 5.55. The highest BCUT2D eigenvalue weighted by Crippen LogP contribution is 2.39. The molecule has 3 heterocycles. The van der Waals surface area contributed by atoms with Gasteiger partial charge in [-0.1, -0.05) is 74.0 Å². The van der Waals surface area contributed by atoms with Crippen LogP contribution in [0.2, 0.25) is 0 Å². The van der Waals surface area contributed by atoms with Crippen LogP contribution < -0.4 is 20.9 Å². The largest absolute Gasteiger partial charge is 0.348 e. The second-order valence-corrected chi connectivity index (χ2v) is 10.7. The lowest BCUT2D eigenvalue weighted by molar-refractivity contribution is -0.133. The van der Waals surface area contributed by atoms with E-state index >= 15 is 0 Å². The highest BCUT2D eigenvalue weighted by Gasteiger charge is 2.44. The van der Waals surface area contributed by atoms with E-state index in [1.54, 1.807) is 11.1 Å². The summed E-state index contributed by atoms with van der Waals surface area (Å²) < 4.78 is 0. The molecule has 0 spiro atoms. The molecule has 0 aliphatic carbocycles. The van der Waals surface area contributed by atoms with Gasteiger partial charge in [-0.25, -0.2) is 0 Å². The molecule has 214 valence electrons. The number of hydrogen-bond acceptors (Lipinski definition) is 6. The van der Waals surface area contributed by atoms with Crippen LogP contribution in [0.4, 0.5) is 5.69 Å². The third-order valence-corrected chi connectivity index (χ3v) is 7.96. The number of amides is 4. The van der Waals surface area contributed by atoms with Gasteiger partial charge < -0.3 is 16.0 Å². The van der Waals surface area contributed by atoms with Crippen molar-refractivity contribution in [1.82, 2.24) is 31.4 Å². The first-order chi connectivity index (χ1) is 19.9. The third-order valence-electron chi connectivity index (χ3n) is 7.96. The first-order valence-corrected chi connectivity index (χ1v) is 14.1. The lowest BCUT2D eigenvalue weighted by atomic mass is 9.96. The summed E-state index contributed by atoms with van der Waals surface area (Å²) in [6.45, 7) is 4.03. The Morgan fingerprint density at radius 3 is 2.61 bits per heavy atom. The fourth-order valence-electron chi connectivity index (χ4n) is 5.55. The molecule has 0 saturated heterocycles. The van der Waals surface area contributed by atoms with Gasteiger partial charge in [-0.15, -0.1) is 5.10 Å². The number of anilines is 1. The molecule has 41 heavy (non-hydrogen) atoms. The van der Waals surface area contributed by atoms with Gasteiger partial charge in [-0.05, 0) is 35.4 Å². The zero-order valence-corrected chi connectivity index (χ0v) is 23.2. The molecule has 4 atom stereocenters. The number of nitrogens with one attached hydrogen (secondary N) is 4. The molecule has 4 amide bonds. The minimum absolute atomic E-state index is 0.152. The van der Waals surface area contributed by atoms with Crippen LogP contribution in [-0.4, -0.2) is 57.2 Å². The van der Waals surface area contributed by atoms with E-state index in [-0.39, 0.29) is 36.6 Å². The Kier molecular flexibility index (Phi) is 8.42. The third kappa shape index (κ3) is 6.13.